The van der Waals surface area contributed by atoms with Gasteiger partial charge in [0.15, 0.2) is 0 Å². The minimum absolute atomic E-state index is 0.0299. The molecule has 0 spiro atoms. The Hall–Kier alpha value is -2.18. The molecule has 1 saturated carbocycles. The van der Waals surface area contributed by atoms with Gasteiger partial charge in [-0.25, -0.2) is 0 Å². The van der Waals surface area contributed by atoms with E-state index in [1.807, 2.05) is 0 Å². The second kappa shape index (κ2) is 7.39. The number of carbonyl (C=O) groups excluding carboxylic acids is 1. The fraction of sp³-hybridized carbons (Fsp3) is 0.500. The Bertz CT molecular complexity index is 554. The van der Waals surface area contributed by atoms with Crippen molar-refractivity contribution in [2.75, 3.05) is 0 Å². The molecule has 0 radical (unpaired) electrons. The van der Waals surface area contributed by atoms with Crippen LogP contribution in [-0.4, -0.2) is 29.1 Å². The highest BCUT2D eigenvalue weighted by molar-refractivity contribution is 5.80. The van der Waals surface area contributed by atoms with Gasteiger partial charge >= 0.3 is 12.6 Å². The van der Waals surface area contributed by atoms with Crippen molar-refractivity contribution in [1.29, 1.82) is 0 Å². The summed E-state index contributed by atoms with van der Waals surface area (Å²) in [5.74, 6) is -1.17. The summed E-state index contributed by atoms with van der Waals surface area (Å²) in [4.78, 5) is 23.2. The minimum atomic E-state index is -2.89. The highest BCUT2D eigenvalue weighted by Crippen LogP contribution is 2.32. The van der Waals surface area contributed by atoms with Crippen LogP contribution in [0.5, 0.6) is 5.75 Å². The largest absolute Gasteiger partial charge is 0.481 e. The van der Waals surface area contributed by atoms with E-state index in [0.29, 0.717) is 18.4 Å². The molecule has 0 aromatic heterocycles. The van der Waals surface area contributed by atoms with Crippen LogP contribution in [0.3, 0.4) is 0 Å². The molecule has 1 aromatic carbocycles. The molecule has 126 valence electrons. The third kappa shape index (κ3) is 5.19. The number of halogens is 2. The summed E-state index contributed by atoms with van der Waals surface area (Å²) in [6, 6.07) is 5.82. The normalized spacial score (nSPS) is 16.3. The summed E-state index contributed by atoms with van der Waals surface area (Å²) in [7, 11) is 0. The van der Waals surface area contributed by atoms with E-state index in [4.69, 9.17) is 5.11 Å². The first-order valence-corrected chi connectivity index (χ1v) is 7.45. The van der Waals surface area contributed by atoms with Crippen LogP contribution in [0.4, 0.5) is 8.78 Å². The van der Waals surface area contributed by atoms with Gasteiger partial charge in [-0.15, -0.1) is 0 Å². The van der Waals surface area contributed by atoms with E-state index >= 15 is 0 Å². The zero-order valence-corrected chi connectivity index (χ0v) is 12.6. The van der Waals surface area contributed by atoms with E-state index in [2.05, 4.69) is 10.1 Å². The molecule has 1 aliphatic carbocycles. The first-order valence-electron chi connectivity index (χ1n) is 7.45. The summed E-state index contributed by atoms with van der Waals surface area (Å²) in [5.41, 5.74) is -0.0191. The van der Waals surface area contributed by atoms with Crippen molar-refractivity contribution >= 4 is 11.9 Å². The molecular weight excluding hydrogens is 308 g/mol. The van der Waals surface area contributed by atoms with Gasteiger partial charge in [-0.1, -0.05) is 25.0 Å². The van der Waals surface area contributed by atoms with Crippen molar-refractivity contribution in [3.8, 4) is 5.75 Å². The number of carboxylic acid groups (broad SMARTS) is 1. The molecule has 0 bridgehead atoms. The fourth-order valence-corrected chi connectivity index (χ4v) is 3.00. The van der Waals surface area contributed by atoms with Gasteiger partial charge in [0.1, 0.15) is 5.75 Å². The number of aliphatic carboxylic acids is 1. The molecule has 5 nitrogen and oxygen atoms in total. The van der Waals surface area contributed by atoms with E-state index < -0.39 is 18.1 Å². The number of hydrogen-bond donors (Lipinski definition) is 2. The standard InChI is InChI=1S/C16H19F2NO4/c17-15(18)23-12-5-3-11(4-6-12)9-13(20)19-16(10-14(21)22)7-1-2-8-16/h3-6,15H,1-2,7-10H2,(H,19,20)(H,21,22). The average molecular weight is 327 g/mol. The Morgan fingerprint density at radius 2 is 1.83 bits per heavy atom. The second-order valence-corrected chi connectivity index (χ2v) is 5.81. The zero-order valence-electron chi connectivity index (χ0n) is 12.6. The second-order valence-electron chi connectivity index (χ2n) is 5.81. The highest BCUT2D eigenvalue weighted by Gasteiger charge is 2.37. The third-order valence-electron chi connectivity index (χ3n) is 3.97. The third-order valence-corrected chi connectivity index (χ3v) is 3.97. The van der Waals surface area contributed by atoms with Gasteiger partial charge < -0.3 is 15.2 Å². The molecule has 7 heteroatoms. The molecule has 23 heavy (non-hydrogen) atoms. The van der Waals surface area contributed by atoms with E-state index in [9.17, 15) is 18.4 Å². The zero-order chi connectivity index (χ0) is 16.9. The van der Waals surface area contributed by atoms with E-state index in [1.165, 1.54) is 24.3 Å². The molecule has 1 aliphatic rings. The molecule has 0 heterocycles. The van der Waals surface area contributed by atoms with Crippen LogP contribution in [-0.2, 0) is 16.0 Å². The predicted molar refractivity (Wildman–Crippen MR) is 78.4 cm³/mol. The Morgan fingerprint density at radius 3 is 2.35 bits per heavy atom. The van der Waals surface area contributed by atoms with Gasteiger partial charge in [0.05, 0.1) is 18.4 Å². The van der Waals surface area contributed by atoms with Crippen LogP contribution in [0.2, 0.25) is 0 Å². The number of rotatable bonds is 7. The van der Waals surface area contributed by atoms with Crippen LogP contribution in [0.1, 0.15) is 37.7 Å². The summed E-state index contributed by atoms with van der Waals surface area (Å²) in [6.07, 6.45) is 3.09. The van der Waals surface area contributed by atoms with Crippen LogP contribution in [0.15, 0.2) is 24.3 Å². The topological polar surface area (TPSA) is 75.6 Å². The summed E-state index contributed by atoms with van der Waals surface area (Å²) in [6.45, 7) is -2.89. The maximum absolute atomic E-state index is 12.2. The van der Waals surface area contributed by atoms with Crippen LogP contribution in [0.25, 0.3) is 0 Å². The Balaban J connectivity index is 1.94. The van der Waals surface area contributed by atoms with E-state index in [1.54, 1.807) is 0 Å². The van der Waals surface area contributed by atoms with Gasteiger partial charge in [-0.3, -0.25) is 9.59 Å². The lowest BCUT2D eigenvalue weighted by Crippen LogP contribution is -2.48. The van der Waals surface area contributed by atoms with Crippen molar-refractivity contribution in [1.82, 2.24) is 5.32 Å². The lowest BCUT2D eigenvalue weighted by atomic mass is 9.92. The maximum Gasteiger partial charge on any atom is 0.387 e. The molecule has 1 aromatic rings. The smallest absolute Gasteiger partial charge is 0.387 e. The quantitative estimate of drug-likeness (QED) is 0.807. The van der Waals surface area contributed by atoms with Crippen molar-refractivity contribution in [3.63, 3.8) is 0 Å². The number of carbonyl (C=O) groups is 2. The van der Waals surface area contributed by atoms with E-state index in [-0.39, 0.29) is 24.5 Å². The lowest BCUT2D eigenvalue weighted by Gasteiger charge is -2.28. The first kappa shape index (κ1) is 17.2. The summed E-state index contributed by atoms with van der Waals surface area (Å²) >= 11 is 0. The van der Waals surface area contributed by atoms with Crippen molar-refractivity contribution in [3.05, 3.63) is 29.8 Å². The molecule has 0 aliphatic heterocycles. The number of nitrogens with one attached hydrogen (secondary N) is 1. The van der Waals surface area contributed by atoms with Gasteiger partial charge in [-0.05, 0) is 30.5 Å². The van der Waals surface area contributed by atoms with E-state index in [0.717, 1.165) is 12.8 Å². The molecule has 1 fully saturated rings. The fourth-order valence-electron chi connectivity index (χ4n) is 3.00. The monoisotopic (exact) mass is 327 g/mol. The minimum Gasteiger partial charge on any atom is -0.481 e. The Labute approximate surface area is 132 Å². The maximum atomic E-state index is 12.2. The Morgan fingerprint density at radius 1 is 1.22 bits per heavy atom. The highest BCUT2D eigenvalue weighted by atomic mass is 19.3. The van der Waals surface area contributed by atoms with Crippen LogP contribution >= 0.6 is 0 Å². The van der Waals surface area contributed by atoms with Gasteiger partial charge in [0.2, 0.25) is 5.91 Å². The molecule has 0 unspecified atom stereocenters. The lowest BCUT2D eigenvalue weighted by molar-refractivity contribution is -0.139. The number of hydrogen-bond acceptors (Lipinski definition) is 3. The summed E-state index contributed by atoms with van der Waals surface area (Å²) < 4.78 is 28.4. The van der Waals surface area contributed by atoms with Crippen molar-refractivity contribution < 1.29 is 28.2 Å². The number of alkyl halides is 2. The average Bonchev–Trinajstić information content (AvgIpc) is 2.87. The van der Waals surface area contributed by atoms with Crippen molar-refractivity contribution in [2.45, 2.75) is 50.7 Å². The molecule has 2 N–H and O–H groups in total. The number of ether oxygens (including phenoxy) is 1. The number of carboxylic acids is 1. The van der Waals surface area contributed by atoms with Crippen LogP contribution < -0.4 is 10.1 Å². The van der Waals surface area contributed by atoms with Crippen molar-refractivity contribution in [2.24, 2.45) is 0 Å². The molecule has 1 amide bonds. The first-order chi connectivity index (χ1) is 10.9. The predicted octanol–water partition coefficient (Wildman–Crippen LogP) is 2.73. The van der Waals surface area contributed by atoms with Gasteiger partial charge in [0, 0.05) is 0 Å². The van der Waals surface area contributed by atoms with Crippen LogP contribution in [0, 0.1) is 0 Å². The molecule has 0 saturated heterocycles. The number of amides is 1. The molecular formula is C16H19F2NO4. The molecule has 2 rings (SSSR count). The Kier molecular flexibility index (Phi) is 5.52. The molecule has 0 atom stereocenters. The number of benzene rings is 1. The van der Waals surface area contributed by atoms with Gasteiger partial charge in [0.25, 0.3) is 0 Å². The van der Waals surface area contributed by atoms with Gasteiger partial charge in [-0.2, -0.15) is 8.78 Å². The SMILES string of the molecule is O=C(O)CC1(NC(=O)Cc2ccc(OC(F)F)cc2)CCCC1. The summed E-state index contributed by atoms with van der Waals surface area (Å²) in [5, 5.41) is 11.9.